The van der Waals surface area contributed by atoms with Gasteiger partial charge in [0.05, 0.1) is 12.4 Å². The summed E-state index contributed by atoms with van der Waals surface area (Å²) in [4.78, 5) is 12.3. The molecule has 0 aliphatic rings. The fraction of sp³-hybridized carbons (Fsp3) is 0.188. The molecule has 0 radical (unpaired) electrons. The second-order valence-electron chi connectivity index (χ2n) is 4.89. The zero-order valence-corrected chi connectivity index (χ0v) is 13.6. The van der Waals surface area contributed by atoms with E-state index in [0.717, 1.165) is 5.65 Å². The molecule has 3 rings (SSSR count). The van der Waals surface area contributed by atoms with Crippen molar-refractivity contribution < 1.29 is 9.53 Å². The average Bonchev–Trinajstić information content (AvgIpc) is 2.98. The third-order valence-electron chi connectivity index (χ3n) is 3.27. The van der Waals surface area contributed by atoms with Gasteiger partial charge in [-0.1, -0.05) is 23.9 Å². The lowest BCUT2D eigenvalue weighted by molar-refractivity contribution is -0.115. The first-order valence-corrected chi connectivity index (χ1v) is 7.96. The molecule has 2 aromatic heterocycles. The predicted molar refractivity (Wildman–Crippen MR) is 89.9 cm³/mol. The van der Waals surface area contributed by atoms with E-state index in [1.165, 1.54) is 11.8 Å². The van der Waals surface area contributed by atoms with Crippen LogP contribution in [0.15, 0.2) is 53.8 Å². The smallest absolute Gasteiger partial charge is 0.237 e. The Morgan fingerprint density at radius 3 is 2.96 bits per heavy atom. The zero-order chi connectivity index (χ0) is 16.2. The monoisotopic (exact) mass is 328 g/mol. The van der Waals surface area contributed by atoms with E-state index in [-0.39, 0.29) is 11.2 Å². The van der Waals surface area contributed by atoms with Crippen molar-refractivity contribution in [3.05, 3.63) is 48.7 Å². The van der Waals surface area contributed by atoms with Crippen molar-refractivity contribution in [3.8, 4) is 5.75 Å². The Balaban J connectivity index is 1.70. The molecule has 1 atom stereocenters. The second kappa shape index (κ2) is 6.70. The summed E-state index contributed by atoms with van der Waals surface area (Å²) in [6.07, 6.45) is 1.88. The molecule has 0 saturated carbocycles. The molecule has 0 saturated heterocycles. The molecule has 1 aromatic carbocycles. The molecular formula is C16H16N4O2S. The summed E-state index contributed by atoms with van der Waals surface area (Å²) >= 11 is 1.36. The number of ether oxygens (including phenoxy) is 1. The van der Waals surface area contributed by atoms with E-state index in [4.69, 9.17) is 4.74 Å². The number of nitrogens with one attached hydrogen (secondary N) is 1. The summed E-state index contributed by atoms with van der Waals surface area (Å²) in [5.74, 6) is 0.600. The quantitative estimate of drug-likeness (QED) is 0.729. The maximum atomic E-state index is 12.3. The number of nitrogens with zero attached hydrogens (tertiary/aromatic N) is 3. The highest BCUT2D eigenvalue weighted by molar-refractivity contribution is 8.00. The van der Waals surface area contributed by atoms with Crippen molar-refractivity contribution in [2.75, 3.05) is 12.4 Å². The van der Waals surface area contributed by atoms with Gasteiger partial charge in [-0.25, -0.2) is 0 Å². The lowest BCUT2D eigenvalue weighted by Crippen LogP contribution is -2.22. The molecule has 118 valence electrons. The van der Waals surface area contributed by atoms with Crippen LogP contribution >= 0.6 is 11.8 Å². The molecule has 0 unspecified atom stereocenters. The number of hydrogen-bond donors (Lipinski definition) is 1. The Morgan fingerprint density at radius 2 is 2.13 bits per heavy atom. The van der Waals surface area contributed by atoms with Crippen molar-refractivity contribution in [1.29, 1.82) is 0 Å². The van der Waals surface area contributed by atoms with Crippen LogP contribution in [0.5, 0.6) is 5.75 Å². The van der Waals surface area contributed by atoms with Gasteiger partial charge < -0.3 is 10.1 Å². The predicted octanol–water partition coefficient (Wildman–Crippen LogP) is 2.86. The van der Waals surface area contributed by atoms with Crippen molar-refractivity contribution in [1.82, 2.24) is 14.6 Å². The van der Waals surface area contributed by atoms with Crippen LogP contribution in [0.4, 0.5) is 5.69 Å². The number of carbonyl (C=O) groups is 1. The van der Waals surface area contributed by atoms with E-state index in [9.17, 15) is 4.79 Å². The van der Waals surface area contributed by atoms with E-state index < -0.39 is 0 Å². The van der Waals surface area contributed by atoms with Gasteiger partial charge in [-0.3, -0.25) is 9.20 Å². The van der Waals surface area contributed by atoms with E-state index in [1.807, 2.05) is 53.9 Å². The average molecular weight is 328 g/mol. The number of pyridine rings is 1. The number of fused-ring (bicyclic) bond motifs is 1. The molecule has 1 amide bonds. The number of benzene rings is 1. The molecule has 0 fully saturated rings. The molecule has 0 aliphatic carbocycles. The number of methoxy groups -OCH3 is 1. The van der Waals surface area contributed by atoms with Crippen molar-refractivity contribution in [2.45, 2.75) is 17.3 Å². The third kappa shape index (κ3) is 3.45. The van der Waals surface area contributed by atoms with Crippen LogP contribution in [0.1, 0.15) is 6.92 Å². The molecule has 2 heterocycles. The second-order valence-corrected chi connectivity index (χ2v) is 6.20. The minimum Gasteiger partial charge on any atom is -0.497 e. The molecule has 1 N–H and O–H groups in total. The zero-order valence-electron chi connectivity index (χ0n) is 12.8. The van der Waals surface area contributed by atoms with E-state index in [1.54, 1.807) is 13.2 Å². The lowest BCUT2D eigenvalue weighted by atomic mass is 10.3. The van der Waals surface area contributed by atoms with Gasteiger partial charge in [0.25, 0.3) is 0 Å². The fourth-order valence-corrected chi connectivity index (χ4v) is 2.89. The third-order valence-corrected chi connectivity index (χ3v) is 4.33. The summed E-state index contributed by atoms with van der Waals surface area (Å²) in [6, 6.07) is 12.9. The molecule has 0 spiro atoms. The lowest BCUT2D eigenvalue weighted by Gasteiger charge is -2.11. The van der Waals surface area contributed by atoms with Crippen LogP contribution < -0.4 is 10.1 Å². The van der Waals surface area contributed by atoms with E-state index in [2.05, 4.69) is 15.5 Å². The highest BCUT2D eigenvalue weighted by Crippen LogP contribution is 2.24. The van der Waals surface area contributed by atoms with Crippen LogP contribution in [0, 0.1) is 0 Å². The van der Waals surface area contributed by atoms with Gasteiger partial charge in [0.15, 0.2) is 10.8 Å². The number of aromatic nitrogens is 3. The van der Waals surface area contributed by atoms with Gasteiger partial charge in [0.1, 0.15) is 5.75 Å². The first-order chi connectivity index (χ1) is 11.2. The van der Waals surface area contributed by atoms with Gasteiger partial charge >= 0.3 is 0 Å². The van der Waals surface area contributed by atoms with Crippen molar-refractivity contribution in [2.24, 2.45) is 0 Å². The molecule has 0 bridgehead atoms. The Bertz CT molecular complexity index is 834. The van der Waals surface area contributed by atoms with Gasteiger partial charge in [-0.05, 0) is 31.2 Å². The molecule has 23 heavy (non-hydrogen) atoms. The number of hydrogen-bond acceptors (Lipinski definition) is 5. The van der Waals surface area contributed by atoms with Gasteiger partial charge in [0, 0.05) is 18.0 Å². The van der Waals surface area contributed by atoms with Gasteiger partial charge in [-0.15, -0.1) is 10.2 Å². The standard InChI is InChI=1S/C16H16N4O2S/c1-11(15(21)17-12-6-5-7-13(10-12)22-2)23-16-19-18-14-8-3-4-9-20(14)16/h3-11H,1-2H3,(H,17,21)/t11-/m0/s1. The van der Waals surface area contributed by atoms with Gasteiger partial charge in [0.2, 0.25) is 5.91 Å². The number of rotatable bonds is 5. The summed E-state index contributed by atoms with van der Waals surface area (Å²) in [7, 11) is 1.59. The van der Waals surface area contributed by atoms with E-state index >= 15 is 0 Å². The Hall–Kier alpha value is -2.54. The fourth-order valence-electron chi connectivity index (χ4n) is 2.06. The first kappa shape index (κ1) is 15.4. The summed E-state index contributed by atoms with van der Waals surface area (Å²) in [5.41, 5.74) is 1.46. The topological polar surface area (TPSA) is 68.5 Å². The molecule has 7 heteroatoms. The van der Waals surface area contributed by atoms with Gasteiger partial charge in [-0.2, -0.15) is 0 Å². The summed E-state index contributed by atoms with van der Waals surface area (Å²) in [6.45, 7) is 1.84. The maximum absolute atomic E-state index is 12.3. The number of carbonyl (C=O) groups excluding carboxylic acids is 1. The normalized spacial score (nSPS) is 12.1. The van der Waals surface area contributed by atoms with Crippen LogP contribution in [0.25, 0.3) is 5.65 Å². The Morgan fingerprint density at radius 1 is 1.26 bits per heavy atom. The molecule has 6 nitrogen and oxygen atoms in total. The molecular weight excluding hydrogens is 312 g/mol. The molecule has 0 aliphatic heterocycles. The minimum atomic E-state index is -0.311. The van der Waals surface area contributed by atoms with Crippen LogP contribution in [0.3, 0.4) is 0 Å². The van der Waals surface area contributed by atoms with Crippen LogP contribution in [0.2, 0.25) is 0 Å². The Labute approximate surface area is 137 Å². The largest absolute Gasteiger partial charge is 0.497 e. The number of thioether (sulfide) groups is 1. The Kier molecular flexibility index (Phi) is 4.47. The number of amides is 1. The molecule has 3 aromatic rings. The van der Waals surface area contributed by atoms with Crippen LogP contribution in [-0.4, -0.2) is 32.9 Å². The highest BCUT2D eigenvalue weighted by atomic mass is 32.2. The summed E-state index contributed by atoms with van der Waals surface area (Å²) in [5, 5.41) is 11.5. The number of anilines is 1. The first-order valence-electron chi connectivity index (χ1n) is 7.09. The minimum absolute atomic E-state index is 0.101. The SMILES string of the molecule is COc1cccc(NC(=O)[C@H](C)Sc2nnc3ccccn23)c1. The highest BCUT2D eigenvalue weighted by Gasteiger charge is 2.18. The summed E-state index contributed by atoms with van der Waals surface area (Å²) < 4.78 is 7.01. The van der Waals surface area contributed by atoms with Crippen molar-refractivity contribution in [3.63, 3.8) is 0 Å². The maximum Gasteiger partial charge on any atom is 0.237 e. The van der Waals surface area contributed by atoms with Crippen LogP contribution in [-0.2, 0) is 4.79 Å². The van der Waals surface area contributed by atoms with E-state index in [0.29, 0.717) is 16.6 Å². The van der Waals surface area contributed by atoms with Crippen molar-refractivity contribution >= 4 is 29.0 Å².